The van der Waals surface area contributed by atoms with Gasteiger partial charge in [0, 0.05) is 31.8 Å². The van der Waals surface area contributed by atoms with Gasteiger partial charge < -0.3 is 10.0 Å². The van der Waals surface area contributed by atoms with E-state index < -0.39 is 5.97 Å². The van der Waals surface area contributed by atoms with Gasteiger partial charge in [0.15, 0.2) is 0 Å². The third-order valence-electron chi connectivity index (χ3n) is 2.49. The van der Waals surface area contributed by atoms with Crippen LogP contribution in [0.15, 0.2) is 6.20 Å². The van der Waals surface area contributed by atoms with Gasteiger partial charge in [0.05, 0.1) is 5.69 Å². The number of rotatable bonds is 6. The molecule has 5 heteroatoms. The molecule has 0 amide bonds. The molecular weight excluding hydrogens is 206 g/mol. The Balaban J connectivity index is 2.36. The van der Waals surface area contributed by atoms with Crippen LogP contribution >= 0.6 is 0 Å². The van der Waals surface area contributed by atoms with Crippen molar-refractivity contribution in [1.82, 2.24) is 14.7 Å². The Morgan fingerprint density at radius 1 is 1.62 bits per heavy atom. The van der Waals surface area contributed by atoms with E-state index in [1.807, 2.05) is 27.2 Å². The first-order valence-corrected chi connectivity index (χ1v) is 5.38. The molecule has 0 atom stereocenters. The van der Waals surface area contributed by atoms with Crippen LogP contribution in [-0.2, 0) is 18.4 Å². The molecule has 1 aromatic heterocycles. The van der Waals surface area contributed by atoms with Gasteiger partial charge in [-0.1, -0.05) is 0 Å². The second-order valence-electron chi connectivity index (χ2n) is 4.15. The van der Waals surface area contributed by atoms with Gasteiger partial charge in [-0.2, -0.15) is 5.10 Å². The van der Waals surface area contributed by atoms with Crippen molar-refractivity contribution in [1.29, 1.82) is 0 Å². The molecule has 0 saturated carbocycles. The third-order valence-corrected chi connectivity index (χ3v) is 2.49. The summed E-state index contributed by atoms with van der Waals surface area (Å²) < 4.78 is 1.80. The normalized spacial score (nSPS) is 11.0. The zero-order valence-electron chi connectivity index (χ0n) is 10.1. The van der Waals surface area contributed by atoms with Crippen molar-refractivity contribution in [3.63, 3.8) is 0 Å². The number of aromatic nitrogens is 2. The number of hydrogen-bond acceptors (Lipinski definition) is 3. The molecule has 0 fully saturated rings. The van der Waals surface area contributed by atoms with Gasteiger partial charge in [-0.15, -0.1) is 0 Å². The average Bonchev–Trinajstić information content (AvgIpc) is 2.44. The zero-order valence-corrected chi connectivity index (χ0v) is 10.1. The van der Waals surface area contributed by atoms with E-state index in [0.717, 1.165) is 18.8 Å². The predicted octanol–water partition coefficient (Wildman–Crippen LogP) is 1.03. The fraction of sp³-hybridized carbons (Fsp3) is 0.636. The summed E-state index contributed by atoms with van der Waals surface area (Å²) in [7, 11) is 3.90. The summed E-state index contributed by atoms with van der Waals surface area (Å²) in [4.78, 5) is 12.5. The minimum atomic E-state index is -0.731. The molecule has 5 nitrogen and oxygen atoms in total. The highest BCUT2D eigenvalue weighted by Gasteiger charge is 2.07. The standard InChI is InChI=1S/C11H19N3O2/c1-9-10(8-14(3)12-9)7-13(2)6-4-5-11(15)16/h8H,4-7H2,1-3H3,(H,15,16). The molecule has 1 N–H and O–H groups in total. The summed E-state index contributed by atoms with van der Waals surface area (Å²) in [5.41, 5.74) is 2.23. The fourth-order valence-corrected chi connectivity index (χ4v) is 1.67. The van der Waals surface area contributed by atoms with Crippen LogP contribution in [0.25, 0.3) is 0 Å². The van der Waals surface area contributed by atoms with Crippen molar-refractivity contribution in [2.75, 3.05) is 13.6 Å². The van der Waals surface area contributed by atoms with Gasteiger partial charge in [-0.25, -0.2) is 0 Å². The van der Waals surface area contributed by atoms with E-state index in [-0.39, 0.29) is 6.42 Å². The van der Waals surface area contributed by atoms with Crippen molar-refractivity contribution < 1.29 is 9.90 Å². The molecule has 0 aliphatic rings. The number of hydrogen-bond donors (Lipinski definition) is 1. The van der Waals surface area contributed by atoms with E-state index in [0.29, 0.717) is 6.42 Å². The molecule has 0 aromatic carbocycles. The van der Waals surface area contributed by atoms with Crippen LogP contribution in [0, 0.1) is 6.92 Å². The van der Waals surface area contributed by atoms with Crippen LogP contribution in [-0.4, -0.2) is 39.3 Å². The zero-order chi connectivity index (χ0) is 12.1. The Hall–Kier alpha value is -1.36. The Kier molecular flexibility index (Phi) is 4.49. The van der Waals surface area contributed by atoms with E-state index in [9.17, 15) is 4.79 Å². The highest BCUT2D eigenvalue weighted by Crippen LogP contribution is 2.08. The predicted molar refractivity (Wildman–Crippen MR) is 61.1 cm³/mol. The van der Waals surface area contributed by atoms with Gasteiger partial charge in [0.2, 0.25) is 0 Å². The first kappa shape index (κ1) is 12.7. The Morgan fingerprint density at radius 2 is 2.31 bits per heavy atom. The number of aliphatic carboxylic acids is 1. The number of carboxylic acid groups (broad SMARTS) is 1. The van der Waals surface area contributed by atoms with E-state index in [2.05, 4.69) is 10.00 Å². The lowest BCUT2D eigenvalue weighted by atomic mass is 10.2. The quantitative estimate of drug-likeness (QED) is 0.785. The topological polar surface area (TPSA) is 58.4 Å². The Morgan fingerprint density at radius 3 is 2.81 bits per heavy atom. The van der Waals surface area contributed by atoms with Crippen LogP contribution in [0.5, 0.6) is 0 Å². The number of nitrogens with zero attached hydrogens (tertiary/aromatic N) is 3. The molecule has 1 rings (SSSR count). The summed E-state index contributed by atoms with van der Waals surface area (Å²) in [6.45, 7) is 3.60. The third kappa shape index (κ3) is 4.02. The van der Waals surface area contributed by atoms with Crippen LogP contribution in [0.2, 0.25) is 0 Å². The summed E-state index contributed by atoms with van der Waals surface area (Å²) >= 11 is 0. The summed E-state index contributed by atoms with van der Waals surface area (Å²) in [6.07, 6.45) is 2.92. The van der Waals surface area contributed by atoms with E-state index >= 15 is 0 Å². The maximum Gasteiger partial charge on any atom is 0.303 e. The minimum absolute atomic E-state index is 0.233. The molecule has 0 bridgehead atoms. The first-order chi connectivity index (χ1) is 7.49. The van der Waals surface area contributed by atoms with Crippen molar-refractivity contribution in [3.8, 4) is 0 Å². The van der Waals surface area contributed by atoms with E-state index in [1.54, 1.807) is 4.68 Å². The van der Waals surface area contributed by atoms with Crippen LogP contribution in [0.4, 0.5) is 0 Å². The first-order valence-electron chi connectivity index (χ1n) is 5.38. The lowest BCUT2D eigenvalue weighted by Gasteiger charge is -2.15. The van der Waals surface area contributed by atoms with Crippen molar-refractivity contribution >= 4 is 5.97 Å². The average molecular weight is 225 g/mol. The SMILES string of the molecule is Cc1nn(C)cc1CN(C)CCCC(=O)O. The molecule has 0 saturated heterocycles. The molecule has 1 heterocycles. The number of aryl methyl sites for hydroxylation is 2. The van der Waals surface area contributed by atoms with Crippen LogP contribution in [0.3, 0.4) is 0 Å². The monoisotopic (exact) mass is 225 g/mol. The Bertz CT molecular complexity index is 360. The molecule has 0 unspecified atom stereocenters. The molecule has 0 aliphatic heterocycles. The minimum Gasteiger partial charge on any atom is -0.481 e. The van der Waals surface area contributed by atoms with Crippen LogP contribution < -0.4 is 0 Å². The van der Waals surface area contributed by atoms with Gasteiger partial charge in [0.1, 0.15) is 0 Å². The Labute approximate surface area is 95.7 Å². The van der Waals surface area contributed by atoms with E-state index in [4.69, 9.17) is 5.11 Å². The van der Waals surface area contributed by atoms with Gasteiger partial charge in [-0.3, -0.25) is 9.48 Å². The number of carboxylic acids is 1. The van der Waals surface area contributed by atoms with Crippen LogP contribution in [0.1, 0.15) is 24.1 Å². The van der Waals surface area contributed by atoms with E-state index in [1.165, 1.54) is 5.56 Å². The van der Waals surface area contributed by atoms with Gasteiger partial charge >= 0.3 is 5.97 Å². The lowest BCUT2D eigenvalue weighted by molar-refractivity contribution is -0.137. The molecular formula is C11H19N3O2. The largest absolute Gasteiger partial charge is 0.481 e. The highest BCUT2D eigenvalue weighted by molar-refractivity contribution is 5.66. The molecule has 0 spiro atoms. The highest BCUT2D eigenvalue weighted by atomic mass is 16.4. The number of carbonyl (C=O) groups is 1. The summed E-state index contributed by atoms with van der Waals surface area (Å²) in [6, 6.07) is 0. The lowest BCUT2D eigenvalue weighted by Crippen LogP contribution is -2.20. The summed E-state index contributed by atoms with van der Waals surface area (Å²) in [5, 5.41) is 12.8. The molecule has 1 aromatic rings. The van der Waals surface area contributed by atoms with Gasteiger partial charge in [-0.05, 0) is 26.9 Å². The van der Waals surface area contributed by atoms with Gasteiger partial charge in [0.25, 0.3) is 0 Å². The maximum absolute atomic E-state index is 10.4. The molecule has 90 valence electrons. The maximum atomic E-state index is 10.4. The molecule has 0 aliphatic carbocycles. The second-order valence-corrected chi connectivity index (χ2v) is 4.15. The molecule has 0 radical (unpaired) electrons. The smallest absolute Gasteiger partial charge is 0.303 e. The van der Waals surface area contributed by atoms with Crippen molar-refractivity contribution in [2.24, 2.45) is 7.05 Å². The summed E-state index contributed by atoms with van der Waals surface area (Å²) in [5.74, 6) is -0.731. The second kappa shape index (κ2) is 5.65. The van der Waals surface area contributed by atoms with Crippen molar-refractivity contribution in [3.05, 3.63) is 17.5 Å². The fourth-order valence-electron chi connectivity index (χ4n) is 1.67. The molecule has 16 heavy (non-hydrogen) atoms. The van der Waals surface area contributed by atoms with Crippen molar-refractivity contribution in [2.45, 2.75) is 26.3 Å².